The molecule has 0 aliphatic carbocycles. The molecule has 1 amide bonds. The summed E-state index contributed by atoms with van der Waals surface area (Å²) < 4.78 is 23.2. The number of amides is 1. The first-order valence-electron chi connectivity index (χ1n) is 5.88. The van der Waals surface area contributed by atoms with Crippen molar-refractivity contribution >= 4 is 15.9 Å². The molecule has 0 heterocycles. The molecule has 0 spiro atoms. The molecular formula is C11H22N2O4S. The molecule has 0 aromatic rings. The lowest BCUT2D eigenvalue weighted by molar-refractivity contribution is 0.158. The largest absolute Gasteiger partial charge is 0.465 e. The predicted octanol–water partition coefficient (Wildman–Crippen LogP) is 0.867. The summed E-state index contributed by atoms with van der Waals surface area (Å²) in [6, 6.07) is 0. The average molecular weight is 278 g/mol. The fraction of sp³-hybridized carbons (Fsp3) is 0.727. The van der Waals surface area contributed by atoms with Gasteiger partial charge in [0.2, 0.25) is 0 Å². The summed E-state index contributed by atoms with van der Waals surface area (Å²) in [5.41, 5.74) is 0. The molecule has 0 fully saturated rings. The van der Waals surface area contributed by atoms with Crippen LogP contribution in [-0.2, 0) is 9.84 Å². The summed E-state index contributed by atoms with van der Waals surface area (Å²) in [5, 5.41) is 9.77. The minimum absolute atomic E-state index is 0.0206. The van der Waals surface area contributed by atoms with Crippen molar-refractivity contribution in [1.82, 2.24) is 9.80 Å². The third-order valence-electron chi connectivity index (χ3n) is 2.60. The number of carbonyl (C=O) groups is 1. The zero-order valence-electron chi connectivity index (χ0n) is 11.2. The Hall–Kier alpha value is -1.08. The highest BCUT2D eigenvalue weighted by Crippen LogP contribution is 1.96. The molecule has 0 saturated heterocycles. The molecule has 0 aromatic carbocycles. The zero-order valence-corrected chi connectivity index (χ0v) is 12.0. The van der Waals surface area contributed by atoms with Gasteiger partial charge in [-0.2, -0.15) is 0 Å². The van der Waals surface area contributed by atoms with Crippen LogP contribution >= 0.6 is 0 Å². The van der Waals surface area contributed by atoms with Crippen LogP contribution in [0.4, 0.5) is 4.79 Å². The lowest BCUT2D eigenvalue weighted by Crippen LogP contribution is -2.29. The van der Waals surface area contributed by atoms with Crippen molar-refractivity contribution in [2.45, 2.75) is 13.8 Å². The lowest BCUT2D eigenvalue weighted by atomic mass is 10.5. The van der Waals surface area contributed by atoms with E-state index in [-0.39, 0.29) is 12.3 Å². The molecule has 0 rings (SSSR count). The second-order valence-corrected chi connectivity index (χ2v) is 5.93. The summed E-state index contributed by atoms with van der Waals surface area (Å²) in [4.78, 5) is 13.5. The van der Waals surface area contributed by atoms with E-state index < -0.39 is 15.9 Å². The number of sulfone groups is 1. The lowest BCUT2D eigenvalue weighted by Gasteiger charge is -2.15. The molecule has 0 aromatic heterocycles. The van der Waals surface area contributed by atoms with Crippen molar-refractivity contribution in [3.05, 3.63) is 11.5 Å². The van der Waals surface area contributed by atoms with Crippen LogP contribution in [0.5, 0.6) is 0 Å². The maximum absolute atomic E-state index is 11.6. The maximum Gasteiger partial charge on any atom is 0.407 e. The topological polar surface area (TPSA) is 77.9 Å². The van der Waals surface area contributed by atoms with Gasteiger partial charge in [-0.3, -0.25) is 0 Å². The predicted molar refractivity (Wildman–Crippen MR) is 71.4 cm³/mol. The molecule has 0 bridgehead atoms. The molecule has 0 radical (unpaired) electrons. The van der Waals surface area contributed by atoms with E-state index in [1.807, 2.05) is 13.8 Å². The van der Waals surface area contributed by atoms with Crippen LogP contribution in [0.3, 0.4) is 0 Å². The summed E-state index contributed by atoms with van der Waals surface area (Å²) in [7, 11) is -1.99. The second kappa shape index (κ2) is 8.10. The fourth-order valence-corrected chi connectivity index (χ4v) is 2.29. The number of nitrogens with zero attached hydrogens (tertiary/aromatic N) is 2. The number of hydrogen-bond donors (Lipinski definition) is 1. The monoisotopic (exact) mass is 278 g/mol. The minimum Gasteiger partial charge on any atom is -0.465 e. The van der Waals surface area contributed by atoms with E-state index in [0.717, 1.165) is 18.0 Å². The molecule has 0 aliphatic rings. The Morgan fingerprint density at radius 2 is 1.83 bits per heavy atom. The van der Waals surface area contributed by atoms with Crippen molar-refractivity contribution in [1.29, 1.82) is 0 Å². The van der Waals surface area contributed by atoms with Crippen molar-refractivity contribution in [3.8, 4) is 0 Å². The second-order valence-electron chi connectivity index (χ2n) is 3.93. The molecular weight excluding hydrogens is 256 g/mol. The molecule has 0 aliphatic heterocycles. The fourth-order valence-electron chi connectivity index (χ4n) is 1.25. The first-order valence-corrected chi connectivity index (χ1v) is 7.59. The van der Waals surface area contributed by atoms with E-state index in [1.54, 1.807) is 6.08 Å². The molecule has 106 valence electrons. The molecule has 18 heavy (non-hydrogen) atoms. The third-order valence-corrected chi connectivity index (χ3v) is 3.96. The van der Waals surface area contributed by atoms with Gasteiger partial charge in [0, 0.05) is 25.5 Å². The Bertz CT molecular complexity index is 375. The van der Waals surface area contributed by atoms with Gasteiger partial charge in [0.25, 0.3) is 0 Å². The van der Waals surface area contributed by atoms with Gasteiger partial charge in [-0.15, -0.1) is 0 Å². The highest BCUT2D eigenvalue weighted by atomic mass is 32.2. The molecule has 1 N–H and O–H groups in total. The highest BCUT2D eigenvalue weighted by Gasteiger charge is 2.11. The van der Waals surface area contributed by atoms with Gasteiger partial charge in [-0.1, -0.05) is 19.9 Å². The van der Waals surface area contributed by atoms with E-state index in [2.05, 4.69) is 4.90 Å². The Morgan fingerprint density at radius 3 is 2.28 bits per heavy atom. The van der Waals surface area contributed by atoms with E-state index in [1.165, 1.54) is 12.5 Å². The first-order chi connectivity index (χ1) is 8.32. The quantitative estimate of drug-likeness (QED) is 0.712. The minimum atomic E-state index is -3.33. The van der Waals surface area contributed by atoms with Crippen LogP contribution in [-0.4, -0.2) is 68.4 Å². The highest BCUT2D eigenvalue weighted by molar-refractivity contribution is 7.94. The van der Waals surface area contributed by atoms with Crippen molar-refractivity contribution in [2.75, 3.05) is 39.0 Å². The van der Waals surface area contributed by atoms with Gasteiger partial charge < -0.3 is 14.9 Å². The summed E-state index contributed by atoms with van der Waals surface area (Å²) >= 11 is 0. The van der Waals surface area contributed by atoms with E-state index in [0.29, 0.717) is 6.54 Å². The van der Waals surface area contributed by atoms with Gasteiger partial charge in [0.05, 0.1) is 5.75 Å². The zero-order chi connectivity index (χ0) is 14.2. The van der Waals surface area contributed by atoms with E-state index in [4.69, 9.17) is 5.11 Å². The van der Waals surface area contributed by atoms with Crippen molar-refractivity contribution in [3.63, 3.8) is 0 Å². The Labute approximate surface area is 109 Å². The number of hydrogen-bond acceptors (Lipinski definition) is 4. The summed E-state index contributed by atoms with van der Waals surface area (Å²) in [6.07, 6.45) is 0.473. The van der Waals surface area contributed by atoms with Gasteiger partial charge in [-0.25, -0.2) is 13.2 Å². The van der Waals surface area contributed by atoms with Crippen LogP contribution in [0.2, 0.25) is 0 Å². The first kappa shape index (κ1) is 16.9. The van der Waals surface area contributed by atoms with E-state index in [9.17, 15) is 13.2 Å². The van der Waals surface area contributed by atoms with Crippen molar-refractivity contribution < 1.29 is 18.3 Å². The van der Waals surface area contributed by atoms with Crippen LogP contribution in [0.15, 0.2) is 11.5 Å². The number of carboxylic acid groups (broad SMARTS) is 1. The Morgan fingerprint density at radius 1 is 1.28 bits per heavy atom. The van der Waals surface area contributed by atoms with E-state index >= 15 is 0 Å². The van der Waals surface area contributed by atoms with Crippen LogP contribution in [0.25, 0.3) is 0 Å². The van der Waals surface area contributed by atoms with Crippen LogP contribution < -0.4 is 0 Å². The molecule has 0 unspecified atom stereocenters. The van der Waals surface area contributed by atoms with Crippen molar-refractivity contribution in [2.24, 2.45) is 0 Å². The Kier molecular flexibility index (Phi) is 7.61. The number of likely N-dealkylation sites (N-methyl/N-ethyl adjacent to an activating group) is 1. The van der Waals surface area contributed by atoms with Gasteiger partial charge in [0.15, 0.2) is 9.84 Å². The SMILES string of the molecule is CCN(CC)CC=CS(=O)(=O)CCN(C)C(=O)O. The van der Waals surface area contributed by atoms with Crippen LogP contribution in [0, 0.1) is 0 Å². The summed E-state index contributed by atoms with van der Waals surface area (Å²) in [6.45, 7) is 6.31. The van der Waals surface area contributed by atoms with Gasteiger partial charge in [-0.05, 0) is 13.1 Å². The summed E-state index contributed by atoms with van der Waals surface area (Å²) in [5.74, 6) is -0.190. The standard InChI is InChI=1S/C11H22N2O4S/c1-4-13(5-2)7-6-9-18(16,17)10-8-12(3)11(14)15/h6,9H,4-5,7-8,10H2,1-3H3,(H,14,15). The molecule has 6 nitrogen and oxygen atoms in total. The normalized spacial score (nSPS) is 12.2. The number of rotatable bonds is 8. The third kappa shape index (κ3) is 7.29. The average Bonchev–Trinajstić information content (AvgIpc) is 2.31. The molecule has 0 saturated carbocycles. The van der Waals surface area contributed by atoms with Crippen LogP contribution in [0.1, 0.15) is 13.8 Å². The Balaban J connectivity index is 4.23. The maximum atomic E-state index is 11.6. The smallest absolute Gasteiger partial charge is 0.407 e. The van der Waals surface area contributed by atoms with Gasteiger partial charge in [0.1, 0.15) is 0 Å². The molecule has 7 heteroatoms. The molecule has 0 atom stereocenters. The van der Waals surface area contributed by atoms with Gasteiger partial charge >= 0.3 is 6.09 Å².